The molecule has 1 N–H and O–H groups in total. The van der Waals surface area contributed by atoms with E-state index in [1.165, 1.54) is 30.4 Å². The Labute approximate surface area is 156 Å². The van der Waals surface area contributed by atoms with Crippen LogP contribution in [0.15, 0.2) is 48.5 Å². The number of hydrogen-bond donors (Lipinski definition) is 1. The van der Waals surface area contributed by atoms with Crippen LogP contribution in [0.5, 0.6) is 5.75 Å². The Morgan fingerprint density at radius 3 is 2.31 bits per heavy atom. The second-order valence-corrected chi connectivity index (χ2v) is 6.96. The molecule has 1 saturated heterocycles. The molecule has 1 aliphatic heterocycles. The minimum Gasteiger partial charge on any atom is -0.497 e. The molecule has 4 nitrogen and oxygen atoms in total. The lowest BCUT2D eigenvalue weighted by atomic mass is 10.0. The van der Waals surface area contributed by atoms with Crippen molar-refractivity contribution in [3.05, 3.63) is 65.2 Å². The second kappa shape index (κ2) is 8.86. The van der Waals surface area contributed by atoms with Gasteiger partial charge in [-0.2, -0.15) is 0 Å². The van der Waals surface area contributed by atoms with Crippen LogP contribution in [0, 0.1) is 6.92 Å². The Morgan fingerprint density at radius 2 is 1.69 bits per heavy atom. The summed E-state index contributed by atoms with van der Waals surface area (Å²) in [6.07, 6.45) is 3.76. The van der Waals surface area contributed by atoms with Gasteiger partial charge in [-0.05, 0) is 62.7 Å². The lowest BCUT2D eigenvalue weighted by Gasteiger charge is -2.35. The average Bonchev–Trinajstić information content (AvgIpc) is 2.70. The van der Waals surface area contributed by atoms with Crippen LogP contribution >= 0.6 is 0 Å². The molecule has 1 atom stereocenters. The Kier molecular flexibility index (Phi) is 6.29. The van der Waals surface area contributed by atoms with Gasteiger partial charge >= 0.3 is 0 Å². The SMILES string of the molecule is COc1ccc(C(=O)NC[C@@H](c2ccc(C)cc2)N2CCCCC2)cc1. The molecule has 1 aliphatic rings. The Balaban J connectivity index is 1.70. The fraction of sp³-hybridized carbons (Fsp3) is 0.409. The van der Waals surface area contributed by atoms with Crippen LogP contribution in [0.25, 0.3) is 0 Å². The summed E-state index contributed by atoms with van der Waals surface area (Å²) in [6, 6.07) is 16.1. The minimum atomic E-state index is -0.0400. The average molecular weight is 352 g/mol. The number of amides is 1. The van der Waals surface area contributed by atoms with Crippen LogP contribution in [0.2, 0.25) is 0 Å². The molecular weight excluding hydrogens is 324 g/mol. The van der Waals surface area contributed by atoms with Gasteiger partial charge < -0.3 is 10.1 Å². The van der Waals surface area contributed by atoms with Gasteiger partial charge in [0.1, 0.15) is 5.75 Å². The molecule has 0 aliphatic carbocycles. The van der Waals surface area contributed by atoms with E-state index in [4.69, 9.17) is 4.74 Å². The van der Waals surface area contributed by atoms with Crippen LogP contribution in [0.1, 0.15) is 46.8 Å². The van der Waals surface area contributed by atoms with Gasteiger partial charge in [-0.15, -0.1) is 0 Å². The quantitative estimate of drug-likeness (QED) is 0.855. The lowest BCUT2D eigenvalue weighted by molar-refractivity contribution is 0.0924. The highest BCUT2D eigenvalue weighted by Crippen LogP contribution is 2.24. The van der Waals surface area contributed by atoms with Crippen molar-refractivity contribution < 1.29 is 9.53 Å². The highest BCUT2D eigenvalue weighted by Gasteiger charge is 2.23. The summed E-state index contributed by atoms with van der Waals surface area (Å²) in [5.74, 6) is 0.717. The number of hydrogen-bond acceptors (Lipinski definition) is 3. The maximum atomic E-state index is 12.5. The standard InChI is InChI=1S/C22H28N2O2/c1-17-6-8-18(9-7-17)21(24-14-4-3-5-15-24)16-23-22(25)19-10-12-20(26-2)13-11-19/h6-13,21H,3-5,14-16H2,1-2H3,(H,23,25)/t21-/m0/s1. The molecular formula is C22H28N2O2. The minimum absolute atomic E-state index is 0.0400. The first-order chi connectivity index (χ1) is 12.7. The highest BCUT2D eigenvalue weighted by atomic mass is 16.5. The van der Waals surface area contributed by atoms with Crippen molar-refractivity contribution in [1.29, 1.82) is 0 Å². The van der Waals surface area contributed by atoms with Crippen molar-refractivity contribution in [2.75, 3.05) is 26.7 Å². The number of benzene rings is 2. The zero-order valence-electron chi connectivity index (χ0n) is 15.7. The number of nitrogens with zero attached hydrogens (tertiary/aromatic N) is 1. The number of nitrogens with one attached hydrogen (secondary N) is 1. The van der Waals surface area contributed by atoms with Crippen LogP contribution in [0.4, 0.5) is 0 Å². The first kappa shape index (κ1) is 18.5. The van der Waals surface area contributed by atoms with Crippen molar-refractivity contribution in [3.63, 3.8) is 0 Å². The van der Waals surface area contributed by atoms with Gasteiger partial charge in [-0.3, -0.25) is 9.69 Å². The van der Waals surface area contributed by atoms with E-state index in [2.05, 4.69) is 41.4 Å². The molecule has 26 heavy (non-hydrogen) atoms. The topological polar surface area (TPSA) is 41.6 Å². The van der Waals surface area contributed by atoms with E-state index in [-0.39, 0.29) is 11.9 Å². The number of ether oxygens (including phenoxy) is 1. The third-order valence-corrected chi connectivity index (χ3v) is 5.10. The first-order valence-corrected chi connectivity index (χ1v) is 9.40. The number of aryl methyl sites for hydroxylation is 1. The van der Waals surface area contributed by atoms with E-state index >= 15 is 0 Å². The smallest absolute Gasteiger partial charge is 0.251 e. The molecule has 4 heteroatoms. The molecule has 0 saturated carbocycles. The normalized spacial score (nSPS) is 16.1. The fourth-order valence-electron chi connectivity index (χ4n) is 3.51. The van der Waals surface area contributed by atoms with Gasteiger partial charge in [0.2, 0.25) is 0 Å². The largest absolute Gasteiger partial charge is 0.497 e. The number of carbonyl (C=O) groups excluding carboxylic acids is 1. The number of methoxy groups -OCH3 is 1. The van der Waals surface area contributed by atoms with Gasteiger partial charge in [0.25, 0.3) is 5.91 Å². The van der Waals surface area contributed by atoms with E-state index in [1.54, 1.807) is 19.2 Å². The number of likely N-dealkylation sites (tertiary alicyclic amines) is 1. The summed E-state index contributed by atoms with van der Waals surface area (Å²) < 4.78 is 5.16. The summed E-state index contributed by atoms with van der Waals surface area (Å²) in [5, 5.41) is 3.13. The lowest BCUT2D eigenvalue weighted by Crippen LogP contribution is -2.40. The molecule has 3 rings (SSSR count). The van der Waals surface area contributed by atoms with E-state index in [0.717, 1.165) is 18.8 Å². The Bertz CT molecular complexity index is 704. The molecule has 0 radical (unpaired) electrons. The molecule has 0 aromatic heterocycles. The van der Waals surface area contributed by atoms with E-state index in [0.29, 0.717) is 12.1 Å². The molecule has 2 aromatic carbocycles. The molecule has 1 heterocycles. The van der Waals surface area contributed by atoms with Crippen molar-refractivity contribution in [1.82, 2.24) is 10.2 Å². The first-order valence-electron chi connectivity index (χ1n) is 9.40. The van der Waals surface area contributed by atoms with Gasteiger partial charge in [-0.1, -0.05) is 36.2 Å². The summed E-state index contributed by atoms with van der Waals surface area (Å²) in [7, 11) is 1.62. The van der Waals surface area contributed by atoms with E-state index in [1.807, 2.05) is 12.1 Å². The summed E-state index contributed by atoms with van der Waals surface area (Å²) in [4.78, 5) is 15.0. The third kappa shape index (κ3) is 4.64. The predicted octanol–water partition coefficient (Wildman–Crippen LogP) is 3.96. The van der Waals surface area contributed by atoms with Crippen molar-refractivity contribution in [2.24, 2.45) is 0 Å². The Morgan fingerprint density at radius 1 is 1.04 bits per heavy atom. The predicted molar refractivity (Wildman–Crippen MR) is 105 cm³/mol. The van der Waals surface area contributed by atoms with Gasteiger partial charge in [0.15, 0.2) is 0 Å². The Hall–Kier alpha value is -2.33. The maximum absolute atomic E-state index is 12.5. The van der Waals surface area contributed by atoms with E-state index < -0.39 is 0 Å². The van der Waals surface area contributed by atoms with Crippen molar-refractivity contribution in [2.45, 2.75) is 32.2 Å². The summed E-state index contributed by atoms with van der Waals surface area (Å²) in [5.41, 5.74) is 3.19. The number of rotatable bonds is 6. The van der Waals surface area contributed by atoms with Crippen LogP contribution in [-0.2, 0) is 0 Å². The van der Waals surface area contributed by atoms with Gasteiger partial charge in [0.05, 0.1) is 13.2 Å². The second-order valence-electron chi connectivity index (χ2n) is 6.96. The van der Waals surface area contributed by atoms with Gasteiger partial charge in [-0.25, -0.2) is 0 Å². The summed E-state index contributed by atoms with van der Waals surface area (Å²) >= 11 is 0. The van der Waals surface area contributed by atoms with Crippen LogP contribution in [0.3, 0.4) is 0 Å². The van der Waals surface area contributed by atoms with Crippen molar-refractivity contribution in [3.8, 4) is 5.75 Å². The number of carbonyl (C=O) groups is 1. The molecule has 0 unspecified atom stereocenters. The van der Waals surface area contributed by atoms with E-state index in [9.17, 15) is 4.79 Å². The van der Waals surface area contributed by atoms with Crippen LogP contribution < -0.4 is 10.1 Å². The molecule has 1 amide bonds. The van der Waals surface area contributed by atoms with Crippen molar-refractivity contribution >= 4 is 5.91 Å². The zero-order valence-corrected chi connectivity index (χ0v) is 15.7. The molecule has 2 aromatic rings. The molecule has 138 valence electrons. The fourth-order valence-corrected chi connectivity index (χ4v) is 3.51. The monoisotopic (exact) mass is 352 g/mol. The third-order valence-electron chi connectivity index (χ3n) is 5.10. The highest BCUT2D eigenvalue weighted by molar-refractivity contribution is 5.94. The van der Waals surface area contributed by atoms with Crippen LogP contribution in [-0.4, -0.2) is 37.6 Å². The molecule has 0 bridgehead atoms. The molecule has 1 fully saturated rings. The molecule has 0 spiro atoms. The number of piperidine rings is 1. The summed E-state index contributed by atoms with van der Waals surface area (Å²) in [6.45, 7) is 4.91. The van der Waals surface area contributed by atoms with Gasteiger partial charge in [0, 0.05) is 12.1 Å². The zero-order chi connectivity index (χ0) is 18.4. The maximum Gasteiger partial charge on any atom is 0.251 e.